The Kier molecular flexibility index (Phi) is 3.21. The van der Waals surface area contributed by atoms with E-state index in [1.54, 1.807) is 35.7 Å². The van der Waals surface area contributed by atoms with Crippen LogP contribution in [0.2, 0.25) is 0 Å². The van der Waals surface area contributed by atoms with Crippen LogP contribution in [-0.2, 0) is 0 Å². The molecule has 0 aliphatic rings. The van der Waals surface area contributed by atoms with Crippen molar-refractivity contribution < 1.29 is 9.18 Å². The number of thiophene rings is 1. The van der Waals surface area contributed by atoms with E-state index in [9.17, 15) is 9.18 Å². The Bertz CT molecular complexity index is 779. The van der Waals surface area contributed by atoms with Crippen LogP contribution in [0.4, 0.5) is 4.39 Å². The molecule has 19 heavy (non-hydrogen) atoms. The molecule has 0 amide bonds. The average molecular weight is 335 g/mol. The van der Waals surface area contributed by atoms with Gasteiger partial charge in [0.1, 0.15) is 5.82 Å². The van der Waals surface area contributed by atoms with Gasteiger partial charge in [0.25, 0.3) is 0 Å². The number of hydrogen-bond donors (Lipinski definition) is 0. The van der Waals surface area contributed by atoms with Gasteiger partial charge in [-0.1, -0.05) is 24.3 Å². The van der Waals surface area contributed by atoms with Crippen molar-refractivity contribution in [3.8, 4) is 0 Å². The molecule has 3 aromatic rings. The van der Waals surface area contributed by atoms with Crippen molar-refractivity contribution in [1.29, 1.82) is 0 Å². The zero-order valence-electron chi connectivity index (χ0n) is 9.69. The SMILES string of the molecule is O=C(c1csc(Br)c1)c1ccc(F)c2ccccc12. The first-order chi connectivity index (χ1) is 9.16. The van der Waals surface area contributed by atoms with E-state index in [1.807, 2.05) is 6.07 Å². The molecule has 3 rings (SSSR count). The number of rotatable bonds is 2. The molecule has 0 atom stereocenters. The fourth-order valence-electron chi connectivity index (χ4n) is 2.04. The fourth-order valence-corrected chi connectivity index (χ4v) is 3.18. The Morgan fingerprint density at radius 1 is 1.11 bits per heavy atom. The maximum atomic E-state index is 13.7. The van der Waals surface area contributed by atoms with Gasteiger partial charge < -0.3 is 0 Å². The van der Waals surface area contributed by atoms with E-state index in [1.165, 1.54) is 17.4 Å². The molecule has 0 aliphatic heterocycles. The molecule has 0 saturated carbocycles. The monoisotopic (exact) mass is 334 g/mol. The van der Waals surface area contributed by atoms with Crippen LogP contribution in [-0.4, -0.2) is 5.78 Å². The van der Waals surface area contributed by atoms with Crippen molar-refractivity contribution in [3.63, 3.8) is 0 Å². The third kappa shape index (κ3) is 2.22. The summed E-state index contributed by atoms with van der Waals surface area (Å²) in [5.41, 5.74) is 1.15. The summed E-state index contributed by atoms with van der Waals surface area (Å²) in [5.74, 6) is -0.392. The second kappa shape index (κ2) is 4.87. The van der Waals surface area contributed by atoms with E-state index in [0.29, 0.717) is 21.9 Å². The molecule has 1 aromatic heterocycles. The second-order valence-electron chi connectivity index (χ2n) is 4.11. The minimum atomic E-state index is -0.307. The Labute approximate surface area is 121 Å². The maximum Gasteiger partial charge on any atom is 0.194 e. The zero-order chi connectivity index (χ0) is 13.4. The van der Waals surface area contributed by atoms with Crippen LogP contribution in [0, 0.1) is 5.82 Å². The van der Waals surface area contributed by atoms with Crippen molar-refractivity contribution >= 4 is 43.8 Å². The molecule has 0 unspecified atom stereocenters. The molecule has 94 valence electrons. The van der Waals surface area contributed by atoms with E-state index >= 15 is 0 Å². The second-order valence-corrected chi connectivity index (χ2v) is 6.40. The lowest BCUT2D eigenvalue weighted by atomic mass is 9.98. The molecule has 0 N–H and O–H groups in total. The highest BCUT2D eigenvalue weighted by Crippen LogP contribution is 2.27. The summed E-state index contributed by atoms with van der Waals surface area (Å²) in [5, 5.41) is 2.92. The topological polar surface area (TPSA) is 17.1 Å². The predicted octanol–water partition coefficient (Wildman–Crippen LogP) is 5.03. The van der Waals surface area contributed by atoms with Gasteiger partial charge in [-0.3, -0.25) is 4.79 Å². The number of halogens is 2. The van der Waals surface area contributed by atoms with Crippen molar-refractivity contribution in [3.05, 3.63) is 68.6 Å². The Hall–Kier alpha value is -1.52. The Morgan fingerprint density at radius 3 is 2.53 bits per heavy atom. The Balaban J connectivity index is 2.21. The number of carbonyl (C=O) groups is 1. The molecular formula is C15H8BrFOS. The zero-order valence-corrected chi connectivity index (χ0v) is 12.1. The lowest BCUT2D eigenvalue weighted by Crippen LogP contribution is -2.01. The Morgan fingerprint density at radius 2 is 1.84 bits per heavy atom. The van der Waals surface area contributed by atoms with Crippen LogP contribution in [0.3, 0.4) is 0 Å². The first-order valence-corrected chi connectivity index (χ1v) is 7.30. The standard InChI is InChI=1S/C15H8BrFOS/c16-14-7-9(8-19-14)15(18)12-5-6-13(17)11-4-2-1-3-10(11)12/h1-8H. The summed E-state index contributed by atoms with van der Waals surface area (Å²) < 4.78 is 14.6. The average Bonchev–Trinajstić information content (AvgIpc) is 2.86. The van der Waals surface area contributed by atoms with Crippen LogP contribution in [0.15, 0.2) is 51.6 Å². The third-order valence-corrected chi connectivity index (χ3v) is 4.45. The maximum absolute atomic E-state index is 13.7. The highest BCUT2D eigenvalue weighted by molar-refractivity contribution is 9.11. The molecule has 0 saturated heterocycles. The lowest BCUT2D eigenvalue weighted by Gasteiger charge is -2.05. The predicted molar refractivity (Wildman–Crippen MR) is 79.4 cm³/mol. The van der Waals surface area contributed by atoms with Gasteiger partial charge in [0.05, 0.1) is 3.79 Å². The molecule has 2 aromatic carbocycles. The van der Waals surface area contributed by atoms with E-state index < -0.39 is 0 Å². The summed E-state index contributed by atoms with van der Waals surface area (Å²) in [4.78, 5) is 12.4. The van der Waals surface area contributed by atoms with Crippen LogP contribution < -0.4 is 0 Å². The largest absolute Gasteiger partial charge is 0.289 e. The first kappa shape index (κ1) is 12.5. The fraction of sp³-hybridized carbons (Fsp3) is 0. The molecule has 0 aliphatic carbocycles. The van der Waals surface area contributed by atoms with Gasteiger partial charge in [-0.05, 0) is 39.5 Å². The summed E-state index contributed by atoms with van der Waals surface area (Å²) in [6, 6.07) is 11.7. The number of benzene rings is 2. The van der Waals surface area contributed by atoms with E-state index in [4.69, 9.17) is 0 Å². The minimum absolute atomic E-state index is 0.0850. The van der Waals surface area contributed by atoms with Crippen molar-refractivity contribution in [2.75, 3.05) is 0 Å². The molecular weight excluding hydrogens is 327 g/mol. The molecule has 4 heteroatoms. The summed E-state index contributed by atoms with van der Waals surface area (Å²) in [6.07, 6.45) is 0. The van der Waals surface area contributed by atoms with Gasteiger partial charge in [0.2, 0.25) is 0 Å². The number of carbonyl (C=O) groups excluding carboxylic acids is 1. The normalized spacial score (nSPS) is 10.8. The highest BCUT2D eigenvalue weighted by atomic mass is 79.9. The summed E-state index contributed by atoms with van der Waals surface area (Å²) >= 11 is 4.80. The molecule has 0 bridgehead atoms. The van der Waals surface area contributed by atoms with Gasteiger partial charge in [-0.15, -0.1) is 11.3 Å². The quantitative estimate of drug-likeness (QED) is 0.600. The highest BCUT2D eigenvalue weighted by Gasteiger charge is 2.15. The van der Waals surface area contributed by atoms with Crippen LogP contribution in [0.1, 0.15) is 15.9 Å². The lowest BCUT2D eigenvalue weighted by molar-refractivity contribution is 0.104. The van der Waals surface area contributed by atoms with Gasteiger partial charge in [0, 0.05) is 21.9 Å². The van der Waals surface area contributed by atoms with Crippen LogP contribution >= 0.6 is 27.3 Å². The van der Waals surface area contributed by atoms with Crippen LogP contribution in [0.5, 0.6) is 0 Å². The molecule has 0 radical (unpaired) electrons. The molecule has 1 heterocycles. The molecule has 0 fully saturated rings. The van der Waals surface area contributed by atoms with E-state index in [-0.39, 0.29) is 11.6 Å². The van der Waals surface area contributed by atoms with E-state index in [2.05, 4.69) is 15.9 Å². The number of hydrogen-bond acceptors (Lipinski definition) is 2. The summed E-state index contributed by atoms with van der Waals surface area (Å²) in [7, 11) is 0. The third-order valence-electron chi connectivity index (χ3n) is 2.95. The smallest absolute Gasteiger partial charge is 0.194 e. The van der Waals surface area contributed by atoms with Gasteiger partial charge in [-0.25, -0.2) is 4.39 Å². The number of ketones is 1. The minimum Gasteiger partial charge on any atom is -0.289 e. The first-order valence-electron chi connectivity index (χ1n) is 5.63. The molecule has 1 nitrogen and oxygen atoms in total. The van der Waals surface area contributed by atoms with Crippen LogP contribution in [0.25, 0.3) is 10.8 Å². The molecule has 0 spiro atoms. The van der Waals surface area contributed by atoms with Crippen molar-refractivity contribution in [1.82, 2.24) is 0 Å². The van der Waals surface area contributed by atoms with Crippen molar-refractivity contribution in [2.24, 2.45) is 0 Å². The van der Waals surface area contributed by atoms with Gasteiger partial charge in [-0.2, -0.15) is 0 Å². The summed E-state index contributed by atoms with van der Waals surface area (Å²) in [6.45, 7) is 0. The van der Waals surface area contributed by atoms with Crippen molar-refractivity contribution in [2.45, 2.75) is 0 Å². The number of fused-ring (bicyclic) bond motifs is 1. The van der Waals surface area contributed by atoms with Gasteiger partial charge >= 0.3 is 0 Å². The van der Waals surface area contributed by atoms with Gasteiger partial charge in [0.15, 0.2) is 5.78 Å². The van der Waals surface area contributed by atoms with E-state index in [0.717, 1.165) is 3.79 Å².